The highest BCUT2D eigenvalue weighted by Gasteiger charge is 2.26. The minimum Gasteiger partial charge on any atom is -0.323 e. The minimum absolute atomic E-state index is 0.0535. The van der Waals surface area contributed by atoms with Crippen LogP contribution in [0.5, 0.6) is 0 Å². The maximum absolute atomic E-state index is 12.8. The summed E-state index contributed by atoms with van der Waals surface area (Å²) in [5.41, 5.74) is 4.61. The second-order valence-corrected chi connectivity index (χ2v) is 6.28. The number of rotatable bonds is 3. The Bertz CT molecular complexity index is 949. The van der Waals surface area contributed by atoms with E-state index in [9.17, 15) is 9.59 Å². The molecule has 4 heteroatoms. The second-order valence-electron chi connectivity index (χ2n) is 6.28. The Balaban J connectivity index is 1.53. The molecule has 0 radical (unpaired) electrons. The Morgan fingerprint density at radius 2 is 1.50 bits per heavy atom. The van der Waals surface area contributed by atoms with Crippen molar-refractivity contribution >= 4 is 23.2 Å². The Morgan fingerprint density at radius 1 is 0.846 bits per heavy atom. The van der Waals surface area contributed by atoms with Gasteiger partial charge in [0.2, 0.25) is 11.8 Å². The summed E-state index contributed by atoms with van der Waals surface area (Å²) in [6.45, 7) is 0.0535. The van der Waals surface area contributed by atoms with Gasteiger partial charge in [0.25, 0.3) is 0 Å². The van der Waals surface area contributed by atoms with Crippen LogP contribution in [0.4, 0.5) is 11.4 Å². The predicted molar refractivity (Wildman–Crippen MR) is 103 cm³/mol. The lowest BCUT2D eigenvalue weighted by atomic mass is 10.0. The van der Waals surface area contributed by atoms with Gasteiger partial charge in [0.05, 0.1) is 17.8 Å². The van der Waals surface area contributed by atoms with Crippen LogP contribution in [0.1, 0.15) is 5.56 Å². The molecule has 1 aliphatic heterocycles. The average Bonchev–Trinajstić information content (AvgIpc) is 2.68. The fraction of sp³-hybridized carbons (Fsp3) is 0.0909. The quantitative estimate of drug-likeness (QED) is 0.785. The van der Waals surface area contributed by atoms with Crippen molar-refractivity contribution in [2.45, 2.75) is 6.42 Å². The fourth-order valence-electron chi connectivity index (χ4n) is 3.17. The fourth-order valence-corrected chi connectivity index (χ4v) is 3.17. The molecule has 0 saturated heterocycles. The minimum atomic E-state index is -0.170. The first kappa shape index (κ1) is 16.1. The number of anilines is 2. The number of fused-ring (bicyclic) bond motifs is 1. The zero-order chi connectivity index (χ0) is 17.9. The van der Waals surface area contributed by atoms with Crippen LogP contribution in [-0.2, 0) is 16.0 Å². The van der Waals surface area contributed by atoms with Crippen LogP contribution in [0.3, 0.4) is 0 Å². The first-order chi connectivity index (χ1) is 12.7. The van der Waals surface area contributed by atoms with Crippen LogP contribution in [0.15, 0.2) is 78.9 Å². The Morgan fingerprint density at radius 3 is 2.27 bits per heavy atom. The molecule has 0 bridgehead atoms. The maximum atomic E-state index is 12.8. The molecule has 0 aromatic heterocycles. The van der Waals surface area contributed by atoms with E-state index in [-0.39, 0.29) is 24.8 Å². The maximum Gasteiger partial charge on any atom is 0.244 e. The van der Waals surface area contributed by atoms with Crippen molar-refractivity contribution < 1.29 is 9.59 Å². The highest BCUT2D eigenvalue weighted by Crippen LogP contribution is 2.29. The van der Waals surface area contributed by atoms with Crippen molar-refractivity contribution in [1.82, 2.24) is 0 Å². The van der Waals surface area contributed by atoms with Gasteiger partial charge < -0.3 is 10.2 Å². The van der Waals surface area contributed by atoms with E-state index in [2.05, 4.69) is 17.4 Å². The van der Waals surface area contributed by atoms with E-state index in [1.54, 1.807) is 11.0 Å². The van der Waals surface area contributed by atoms with Gasteiger partial charge in [0.15, 0.2) is 0 Å². The van der Waals surface area contributed by atoms with Crippen LogP contribution in [0.25, 0.3) is 11.1 Å². The van der Waals surface area contributed by atoms with Crippen molar-refractivity contribution in [2.24, 2.45) is 0 Å². The van der Waals surface area contributed by atoms with Crippen LogP contribution < -0.4 is 10.2 Å². The summed E-state index contributed by atoms with van der Waals surface area (Å²) in [5, 5.41) is 2.80. The first-order valence-electron chi connectivity index (χ1n) is 8.54. The van der Waals surface area contributed by atoms with Crippen LogP contribution in [0, 0.1) is 0 Å². The van der Waals surface area contributed by atoms with Gasteiger partial charge in [-0.2, -0.15) is 0 Å². The van der Waals surface area contributed by atoms with E-state index in [0.717, 1.165) is 22.4 Å². The van der Waals surface area contributed by atoms with Crippen molar-refractivity contribution in [2.75, 3.05) is 16.8 Å². The van der Waals surface area contributed by atoms with Crippen molar-refractivity contribution in [3.8, 4) is 11.1 Å². The molecule has 0 atom stereocenters. The van der Waals surface area contributed by atoms with E-state index < -0.39 is 0 Å². The molecule has 3 aromatic carbocycles. The van der Waals surface area contributed by atoms with Gasteiger partial charge in [-0.15, -0.1) is 0 Å². The van der Waals surface area contributed by atoms with Crippen molar-refractivity contribution in [3.05, 3.63) is 84.4 Å². The molecule has 4 rings (SSSR count). The van der Waals surface area contributed by atoms with Gasteiger partial charge in [-0.3, -0.25) is 9.59 Å². The van der Waals surface area contributed by atoms with Crippen molar-refractivity contribution in [1.29, 1.82) is 0 Å². The third-order valence-corrected chi connectivity index (χ3v) is 4.49. The SMILES string of the molecule is O=C1CN(C(=O)Cc2ccc(-c3ccccc3)cc2)c2ccccc2N1. The number of para-hydroxylation sites is 2. The zero-order valence-electron chi connectivity index (χ0n) is 14.2. The number of amides is 2. The van der Waals surface area contributed by atoms with E-state index in [1.165, 1.54) is 0 Å². The van der Waals surface area contributed by atoms with Crippen LogP contribution in [0.2, 0.25) is 0 Å². The van der Waals surface area contributed by atoms with Gasteiger partial charge in [-0.1, -0.05) is 66.7 Å². The lowest BCUT2D eigenvalue weighted by Gasteiger charge is -2.29. The molecule has 2 amide bonds. The summed E-state index contributed by atoms with van der Waals surface area (Å²) in [7, 11) is 0. The topological polar surface area (TPSA) is 49.4 Å². The standard InChI is InChI=1S/C22H18N2O2/c25-21-15-24(20-9-5-4-8-19(20)23-21)22(26)14-16-10-12-18(13-11-16)17-6-2-1-3-7-17/h1-13H,14-15H2,(H,23,25). The molecule has 26 heavy (non-hydrogen) atoms. The number of carbonyl (C=O) groups excluding carboxylic acids is 2. The molecular weight excluding hydrogens is 324 g/mol. The summed E-state index contributed by atoms with van der Waals surface area (Å²) in [6.07, 6.45) is 0.261. The Hall–Kier alpha value is -3.40. The number of benzene rings is 3. The highest BCUT2D eigenvalue weighted by molar-refractivity contribution is 6.10. The average molecular weight is 342 g/mol. The third-order valence-electron chi connectivity index (χ3n) is 4.49. The molecule has 128 valence electrons. The third kappa shape index (κ3) is 3.22. The van der Waals surface area contributed by atoms with Gasteiger partial charge in [-0.05, 0) is 28.8 Å². The molecule has 1 heterocycles. The van der Waals surface area contributed by atoms with Crippen molar-refractivity contribution in [3.63, 3.8) is 0 Å². The summed E-state index contributed by atoms with van der Waals surface area (Å²) < 4.78 is 0. The monoisotopic (exact) mass is 342 g/mol. The molecule has 0 aliphatic carbocycles. The number of hydrogen-bond donors (Lipinski definition) is 1. The van der Waals surface area contributed by atoms with E-state index in [1.807, 2.05) is 60.7 Å². The molecule has 0 fully saturated rings. The number of hydrogen-bond acceptors (Lipinski definition) is 2. The van der Waals surface area contributed by atoms with E-state index in [4.69, 9.17) is 0 Å². The Kier molecular flexibility index (Phi) is 4.23. The summed E-state index contributed by atoms with van der Waals surface area (Å²) >= 11 is 0. The molecule has 3 aromatic rings. The van der Waals surface area contributed by atoms with Gasteiger partial charge in [-0.25, -0.2) is 0 Å². The lowest BCUT2D eigenvalue weighted by molar-refractivity contribution is -0.121. The molecule has 0 unspecified atom stereocenters. The molecule has 1 N–H and O–H groups in total. The number of nitrogens with zero attached hydrogens (tertiary/aromatic N) is 1. The van der Waals surface area contributed by atoms with Gasteiger partial charge in [0, 0.05) is 0 Å². The smallest absolute Gasteiger partial charge is 0.244 e. The number of carbonyl (C=O) groups is 2. The van der Waals surface area contributed by atoms with Crippen LogP contribution >= 0.6 is 0 Å². The van der Waals surface area contributed by atoms with Gasteiger partial charge >= 0.3 is 0 Å². The Labute approximate surface area is 152 Å². The molecule has 1 aliphatic rings. The summed E-state index contributed by atoms with van der Waals surface area (Å²) in [6, 6.07) is 25.5. The lowest BCUT2D eigenvalue weighted by Crippen LogP contribution is -2.42. The van der Waals surface area contributed by atoms with E-state index >= 15 is 0 Å². The zero-order valence-corrected chi connectivity index (χ0v) is 14.2. The predicted octanol–water partition coefficient (Wildman–Crippen LogP) is 3.88. The van der Waals surface area contributed by atoms with Gasteiger partial charge in [0.1, 0.15) is 6.54 Å². The summed E-state index contributed by atoms with van der Waals surface area (Å²) in [5.74, 6) is -0.253. The molecule has 0 spiro atoms. The molecule has 4 nitrogen and oxygen atoms in total. The second kappa shape index (κ2) is 6.84. The first-order valence-corrected chi connectivity index (χ1v) is 8.54. The highest BCUT2D eigenvalue weighted by atomic mass is 16.2. The van der Waals surface area contributed by atoms with Crippen LogP contribution in [-0.4, -0.2) is 18.4 Å². The molecule has 0 saturated carbocycles. The molecular formula is C22H18N2O2. The normalized spacial score (nSPS) is 13.1. The number of nitrogens with one attached hydrogen (secondary N) is 1. The van der Waals surface area contributed by atoms with E-state index in [0.29, 0.717) is 5.69 Å². The summed E-state index contributed by atoms with van der Waals surface area (Å²) in [4.78, 5) is 26.2. The largest absolute Gasteiger partial charge is 0.323 e.